The van der Waals surface area contributed by atoms with E-state index in [4.69, 9.17) is 0 Å². The molecule has 0 aliphatic carbocycles. The van der Waals surface area contributed by atoms with Crippen LogP contribution in [-0.4, -0.2) is 6.10 Å². The van der Waals surface area contributed by atoms with Gasteiger partial charge in [0.1, 0.15) is 0 Å². The van der Waals surface area contributed by atoms with Crippen LogP contribution in [0.5, 0.6) is 0 Å². The third kappa shape index (κ3) is 3.08. The summed E-state index contributed by atoms with van der Waals surface area (Å²) in [5.74, 6) is 0.232. The molecule has 0 radical (unpaired) electrons. The zero-order chi connectivity index (χ0) is 12.9. The minimum absolute atomic E-state index is 0.232. The zero-order valence-corrected chi connectivity index (χ0v) is 11.6. The Hall–Kier alpha value is -0.850. The standard InChI is InChI=1S/C14H20NOS/c1-4-12(16)7-8-14(10-15,11(2)3)13-6-5-9-17-13/h5-6,9,11-12H,4,7-8H2,1-3H3/q-1. The van der Waals surface area contributed by atoms with Crippen molar-refractivity contribution in [3.05, 3.63) is 22.4 Å². The van der Waals surface area contributed by atoms with Crippen LogP contribution in [0.3, 0.4) is 0 Å². The highest BCUT2D eigenvalue weighted by Crippen LogP contribution is 2.39. The quantitative estimate of drug-likeness (QED) is 0.779. The number of hydrogen-bond donors (Lipinski definition) is 0. The Bertz CT molecular complexity index is 366. The smallest absolute Gasteiger partial charge is 0.0937 e. The van der Waals surface area contributed by atoms with E-state index >= 15 is 0 Å². The van der Waals surface area contributed by atoms with Crippen LogP contribution in [0.2, 0.25) is 0 Å². The average Bonchev–Trinajstić information content (AvgIpc) is 2.84. The molecule has 1 aromatic heterocycles. The molecule has 3 heteroatoms. The zero-order valence-electron chi connectivity index (χ0n) is 10.8. The number of nitrogens with zero attached hydrogens (tertiary/aromatic N) is 1. The molecule has 1 rings (SSSR count). The second-order valence-electron chi connectivity index (χ2n) is 4.78. The monoisotopic (exact) mass is 250 g/mol. The highest BCUT2D eigenvalue weighted by molar-refractivity contribution is 7.10. The van der Waals surface area contributed by atoms with E-state index < -0.39 is 11.5 Å². The van der Waals surface area contributed by atoms with Gasteiger partial charge >= 0.3 is 0 Å². The predicted molar refractivity (Wildman–Crippen MR) is 69.8 cm³/mol. The lowest BCUT2D eigenvalue weighted by molar-refractivity contribution is -0.422. The van der Waals surface area contributed by atoms with Gasteiger partial charge in [-0.1, -0.05) is 39.7 Å². The minimum atomic E-state index is -0.540. The maximum Gasteiger partial charge on any atom is 0.0937 e. The summed E-state index contributed by atoms with van der Waals surface area (Å²) in [5, 5.41) is 23.1. The Morgan fingerprint density at radius 3 is 2.65 bits per heavy atom. The molecule has 0 bridgehead atoms. The first-order chi connectivity index (χ1) is 8.06. The van der Waals surface area contributed by atoms with Crippen LogP contribution >= 0.6 is 11.3 Å². The fourth-order valence-electron chi connectivity index (χ4n) is 2.06. The number of nitriles is 1. The lowest BCUT2D eigenvalue weighted by Gasteiger charge is -2.32. The first-order valence-corrected chi connectivity index (χ1v) is 7.05. The summed E-state index contributed by atoms with van der Waals surface area (Å²) in [6.45, 7) is 6.04. The molecule has 0 aliphatic rings. The third-order valence-electron chi connectivity index (χ3n) is 3.46. The lowest BCUT2D eigenvalue weighted by Crippen LogP contribution is -2.33. The van der Waals surface area contributed by atoms with Crippen LogP contribution in [0.4, 0.5) is 0 Å². The summed E-state index contributed by atoms with van der Waals surface area (Å²) < 4.78 is 0. The van der Waals surface area contributed by atoms with Crippen LogP contribution in [0, 0.1) is 17.2 Å². The molecule has 2 atom stereocenters. The molecular formula is C14H20NOS-. The van der Waals surface area contributed by atoms with Gasteiger partial charge in [-0.2, -0.15) is 5.26 Å². The number of rotatable bonds is 6. The Morgan fingerprint density at radius 1 is 1.53 bits per heavy atom. The average molecular weight is 250 g/mol. The van der Waals surface area contributed by atoms with Gasteiger partial charge in [0, 0.05) is 4.88 Å². The summed E-state index contributed by atoms with van der Waals surface area (Å²) in [7, 11) is 0. The van der Waals surface area contributed by atoms with Crippen molar-refractivity contribution < 1.29 is 5.11 Å². The van der Waals surface area contributed by atoms with Crippen molar-refractivity contribution >= 4 is 11.3 Å². The van der Waals surface area contributed by atoms with Gasteiger partial charge in [-0.3, -0.25) is 0 Å². The number of thiophene rings is 1. The van der Waals surface area contributed by atoms with Crippen LogP contribution in [0.15, 0.2) is 17.5 Å². The Labute approximate surface area is 108 Å². The van der Waals surface area contributed by atoms with Gasteiger partial charge in [0.2, 0.25) is 0 Å². The van der Waals surface area contributed by atoms with E-state index in [2.05, 4.69) is 19.9 Å². The van der Waals surface area contributed by atoms with Crippen LogP contribution in [-0.2, 0) is 5.41 Å². The van der Waals surface area contributed by atoms with Crippen LogP contribution in [0.25, 0.3) is 0 Å². The number of hydrogen-bond acceptors (Lipinski definition) is 3. The van der Waals surface area contributed by atoms with Gasteiger partial charge in [-0.25, -0.2) is 0 Å². The summed E-state index contributed by atoms with van der Waals surface area (Å²) in [6.07, 6.45) is 1.36. The van der Waals surface area contributed by atoms with E-state index in [1.165, 1.54) is 0 Å². The molecule has 0 amide bonds. The molecule has 0 aliphatic heterocycles. The van der Waals surface area contributed by atoms with E-state index in [1.807, 2.05) is 24.4 Å². The molecule has 17 heavy (non-hydrogen) atoms. The Kier molecular flexibility index (Phi) is 5.17. The van der Waals surface area contributed by atoms with Gasteiger partial charge < -0.3 is 5.11 Å². The molecule has 94 valence electrons. The summed E-state index contributed by atoms with van der Waals surface area (Å²) in [5.41, 5.74) is -0.480. The topological polar surface area (TPSA) is 46.8 Å². The van der Waals surface area contributed by atoms with Crippen molar-refractivity contribution in [1.82, 2.24) is 0 Å². The van der Waals surface area contributed by atoms with Crippen molar-refractivity contribution in [2.24, 2.45) is 5.92 Å². The Balaban J connectivity index is 2.92. The fourth-order valence-corrected chi connectivity index (χ4v) is 3.12. The van der Waals surface area contributed by atoms with Crippen molar-refractivity contribution in [2.45, 2.75) is 51.6 Å². The second kappa shape index (κ2) is 6.18. The van der Waals surface area contributed by atoms with E-state index in [-0.39, 0.29) is 5.92 Å². The fraction of sp³-hybridized carbons (Fsp3) is 0.643. The lowest BCUT2D eigenvalue weighted by atomic mass is 9.73. The van der Waals surface area contributed by atoms with Crippen molar-refractivity contribution in [2.75, 3.05) is 0 Å². The van der Waals surface area contributed by atoms with Gasteiger partial charge in [-0.15, -0.1) is 17.4 Å². The maximum absolute atomic E-state index is 11.5. The third-order valence-corrected chi connectivity index (χ3v) is 4.51. The Morgan fingerprint density at radius 2 is 2.24 bits per heavy atom. The normalized spacial score (nSPS) is 16.5. The van der Waals surface area contributed by atoms with Gasteiger partial charge in [0.15, 0.2) is 0 Å². The van der Waals surface area contributed by atoms with Gasteiger partial charge in [0.25, 0.3) is 0 Å². The van der Waals surface area contributed by atoms with E-state index in [0.29, 0.717) is 19.3 Å². The van der Waals surface area contributed by atoms with Gasteiger partial charge in [-0.05, 0) is 23.8 Å². The van der Waals surface area contributed by atoms with E-state index in [9.17, 15) is 10.4 Å². The maximum atomic E-state index is 11.5. The summed E-state index contributed by atoms with van der Waals surface area (Å²) in [4.78, 5) is 1.10. The van der Waals surface area contributed by atoms with Crippen LogP contribution < -0.4 is 5.11 Å². The largest absolute Gasteiger partial charge is 0.852 e. The highest BCUT2D eigenvalue weighted by atomic mass is 32.1. The first kappa shape index (κ1) is 14.2. The summed E-state index contributed by atoms with van der Waals surface area (Å²) >= 11 is 1.62. The molecule has 0 fully saturated rings. The minimum Gasteiger partial charge on any atom is -0.852 e. The highest BCUT2D eigenvalue weighted by Gasteiger charge is 2.36. The van der Waals surface area contributed by atoms with Crippen molar-refractivity contribution in [3.63, 3.8) is 0 Å². The van der Waals surface area contributed by atoms with E-state index in [1.54, 1.807) is 11.3 Å². The van der Waals surface area contributed by atoms with E-state index in [0.717, 1.165) is 4.88 Å². The molecule has 2 nitrogen and oxygen atoms in total. The molecule has 2 unspecified atom stereocenters. The summed E-state index contributed by atoms with van der Waals surface area (Å²) in [6, 6.07) is 6.46. The first-order valence-electron chi connectivity index (χ1n) is 6.18. The molecule has 0 saturated carbocycles. The van der Waals surface area contributed by atoms with Crippen molar-refractivity contribution in [3.8, 4) is 6.07 Å². The molecule has 0 spiro atoms. The van der Waals surface area contributed by atoms with Gasteiger partial charge in [0.05, 0.1) is 11.5 Å². The molecular weight excluding hydrogens is 230 g/mol. The second-order valence-corrected chi connectivity index (χ2v) is 5.73. The van der Waals surface area contributed by atoms with Crippen molar-refractivity contribution in [1.29, 1.82) is 5.26 Å². The molecule has 0 saturated heterocycles. The predicted octanol–water partition coefficient (Wildman–Crippen LogP) is 3.08. The molecule has 1 aromatic rings. The molecule has 0 N–H and O–H groups in total. The molecule has 0 aromatic carbocycles. The van der Waals surface area contributed by atoms with Crippen LogP contribution in [0.1, 0.15) is 44.9 Å². The molecule has 1 heterocycles. The SMILES string of the molecule is CCC([O-])CCC(C#N)(c1cccs1)C(C)C.